The predicted molar refractivity (Wildman–Crippen MR) is 79.1 cm³/mol. The van der Waals surface area contributed by atoms with Crippen molar-refractivity contribution < 1.29 is 0 Å². The molecule has 0 saturated carbocycles. The lowest BCUT2D eigenvalue weighted by Gasteiger charge is -2.39. The van der Waals surface area contributed by atoms with Crippen LogP contribution in [0.1, 0.15) is 57.1 Å². The van der Waals surface area contributed by atoms with Crippen LogP contribution in [0, 0.1) is 0 Å². The van der Waals surface area contributed by atoms with Gasteiger partial charge in [0, 0.05) is 12.0 Å². The van der Waals surface area contributed by atoms with E-state index in [2.05, 4.69) is 43.4 Å². The number of hydrogen-bond donors (Lipinski definition) is 1. The van der Waals surface area contributed by atoms with Gasteiger partial charge in [0.25, 0.3) is 0 Å². The van der Waals surface area contributed by atoms with E-state index in [0.29, 0.717) is 5.41 Å². The summed E-state index contributed by atoms with van der Waals surface area (Å²) >= 11 is 0. The molecule has 0 heterocycles. The topological polar surface area (TPSA) is 12.0 Å². The summed E-state index contributed by atoms with van der Waals surface area (Å²) < 4.78 is 0. The molecule has 0 aromatic heterocycles. The third-order valence-electron chi connectivity index (χ3n) is 4.31. The molecule has 0 spiro atoms. The fourth-order valence-corrected chi connectivity index (χ4v) is 3.52. The third-order valence-corrected chi connectivity index (χ3v) is 4.31. The van der Waals surface area contributed by atoms with Gasteiger partial charge >= 0.3 is 0 Å². The van der Waals surface area contributed by atoms with E-state index in [9.17, 15) is 0 Å². The molecular formula is C17H27N. The first kappa shape index (κ1) is 13.6. The summed E-state index contributed by atoms with van der Waals surface area (Å²) in [6.07, 6.45) is 7.81. The van der Waals surface area contributed by atoms with Crippen LogP contribution in [-0.2, 0) is 11.8 Å². The molecule has 0 bridgehead atoms. The van der Waals surface area contributed by atoms with Crippen molar-refractivity contribution in [3.63, 3.8) is 0 Å². The zero-order chi connectivity index (χ0) is 12.8. The van der Waals surface area contributed by atoms with Crippen LogP contribution in [0.4, 0.5) is 0 Å². The molecule has 18 heavy (non-hydrogen) atoms. The molecule has 2 rings (SSSR count). The standard InChI is InChI=1S/C17H27N/c1-3-11-17(14-18-13-4-2)12-7-9-15-8-5-6-10-16(15)17/h5-6,8,10,18H,3-4,7,9,11-14H2,1-2H3. The highest BCUT2D eigenvalue weighted by Crippen LogP contribution is 2.40. The maximum atomic E-state index is 3.67. The fourth-order valence-electron chi connectivity index (χ4n) is 3.52. The number of rotatable bonds is 6. The van der Waals surface area contributed by atoms with Crippen LogP contribution in [0.2, 0.25) is 0 Å². The fraction of sp³-hybridized carbons (Fsp3) is 0.647. The molecule has 1 aromatic rings. The minimum Gasteiger partial charge on any atom is -0.316 e. The second-order valence-corrected chi connectivity index (χ2v) is 5.72. The molecule has 0 aliphatic heterocycles. The number of benzene rings is 1. The maximum absolute atomic E-state index is 3.67. The van der Waals surface area contributed by atoms with E-state index in [1.807, 2.05) is 0 Å². The van der Waals surface area contributed by atoms with Crippen molar-refractivity contribution in [3.05, 3.63) is 35.4 Å². The predicted octanol–water partition coefficient (Wildman–Crippen LogP) is 4.06. The lowest BCUT2D eigenvalue weighted by atomic mass is 9.67. The highest BCUT2D eigenvalue weighted by molar-refractivity contribution is 5.37. The van der Waals surface area contributed by atoms with Gasteiger partial charge in [-0.1, -0.05) is 44.5 Å². The van der Waals surface area contributed by atoms with Crippen molar-refractivity contribution in [1.29, 1.82) is 0 Å². The van der Waals surface area contributed by atoms with E-state index in [0.717, 1.165) is 13.1 Å². The van der Waals surface area contributed by atoms with Gasteiger partial charge in [-0.05, 0) is 49.8 Å². The largest absolute Gasteiger partial charge is 0.316 e. The van der Waals surface area contributed by atoms with Crippen LogP contribution in [0.3, 0.4) is 0 Å². The Morgan fingerprint density at radius 1 is 1.17 bits per heavy atom. The summed E-state index contributed by atoms with van der Waals surface area (Å²) in [7, 11) is 0. The lowest BCUT2D eigenvalue weighted by Crippen LogP contribution is -2.41. The Kier molecular flexibility index (Phi) is 4.82. The van der Waals surface area contributed by atoms with Crippen molar-refractivity contribution in [2.24, 2.45) is 0 Å². The molecule has 0 saturated heterocycles. The summed E-state index contributed by atoms with van der Waals surface area (Å²) in [5.41, 5.74) is 3.62. The minimum absolute atomic E-state index is 0.402. The molecule has 1 N–H and O–H groups in total. The van der Waals surface area contributed by atoms with Crippen molar-refractivity contribution in [2.45, 2.75) is 57.8 Å². The summed E-state index contributed by atoms with van der Waals surface area (Å²) in [6, 6.07) is 9.12. The van der Waals surface area contributed by atoms with Gasteiger partial charge in [-0.15, -0.1) is 0 Å². The van der Waals surface area contributed by atoms with Crippen molar-refractivity contribution in [2.75, 3.05) is 13.1 Å². The highest BCUT2D eigenvalue weighted by Gasteiger charge is 2.34. The lowest BCUT2D eigenvalue weighted by molar-refractivity contribution is 0.314. The Labute approximate surface area is 112 Å². The third kappa shape index (κ3) is 2.77. The average molecular weight is 245 g/mol. The Balaban J connectivity index is 2.24. The number of nitrogens with one attached hydrogen (secondary N) is 1. The van der Waals surface area contributed by atoms with Crippen LogP contribution in [-0.4, -0.2) is 13.1 Å². The van der Waals surface area contributed by atoms with Crippen molar-refractivity contribution in [1.82, 2.24) is 5.32 Å². The second kappa shape index (κ2) is 6.38. The molecule has 0 radical (unpaired) electrons. The second-order valence-electron chi connectivity index (χ2n) is 5.72. The molecule has 1 unspecified atom stereocenters. The zero-order valence-corrected chi connectivity index (χ0v) is 12.0. The van der Waals surface area contributed by atoms with Gasteiger partial charge < -0.3 is 5.32 Å². The summed E-state index contributed by atoms with van der Waals surface area (Å²) in [5, 5.41) is 3.67. The van der Waals surface area contributed by atoms with Crippen LogP contribution >= 0.6 is 0 Å². The van der Waals surface area contributed by atoms with Crippen LogP contribution in [0.5, 0.6) is 0 Å². The first-order chi connectivity index (χ1) is 8.82. The molecule has 1 heteroatoms. The van der Waals surface area contributed by atoms with E-state index in [1.54, 1.807) is 11.1 Å². The SMILES string of the molecule is CCCNCC1(CCC)CCCc2ccccc21. The smallest absolute Gasteiger partial charge is 0.00805 e. The van der Waals surface area contributed by atoms with Crippen molar-refractivity contribution in [3.8, 4) is 0 Å². The number of hydrogen-bond acceptors (Lipinski definition) is 1. The Morgan fingerprint density at radius 3 is 2.78 bits per heavy atom. The molecular weight excluding hydrogens is 218 g/mol. The molecule has 1 aliphatic carbocycles. The molecule has 1 nitrogen and oxygen atoms in total. The normalized spacial score (nSPS) is 22.8. The van der Waals surface area contributed by atoms with Gasteiger partial charge in [0.2, 0.25) is 0 Å². The van der Waals surface area contributed by atoms with E-state index in [1.165, 1.54) is 38.5 Å². The molecule has 1 aliphatic rings. The molecule has 1 aromatic carbocycles. The van der Waals surface area contributed by atoms with E-state index in [-0.39, 0.29) is 0 Å². The van der Waals surface area contributed by atoms with E-state index < -0.39 is 0 Å². The zero-order valence-electron chi connectivity index (χ0n) is 12.0. The Morgan fingerprint density at radius 2 is 2.00 bits per heavy atom. The highest BCUT2D eigenvalue weighted by atomic mass is 14.9. The van der Waals surface area contributed by atoms with Crippen LogP contribution < -0.4 is 5.32 Å². The number of aryl methyl sites for hydroxylation is 1. The van der Waals surface area contributed by atoms with Gasteiger partial charge in [-0.25, -0.2) is 0 Å². The van der Waals surface area contributed by atoms with E-state index >= 15 is 0 Å². The first-order valence-electron chi connectivity index (χ1n) is 7.61. The molecule has 0 fully saturated rings. The summed E-state index contributed by atoms with van der Waals surface area (Å²) in [4.78, 5) is 0. The monoisotopic (exact) mass is 245 g/mol. The maximum Gasteiger partial charge on any atom is 0.00805 e. The van der Waals surface area contributed by atoms with Crippen LogP contribution in [0.15, 0.2) is 24.3 Å². The summed E-state index contributed by atoms with van der Waals surface area (Å²) in [5.74, 6) is 0. The van der Waals surface area contributed by atoms with Gasteiger partial charge in [-0.3, -0.25) is 0 Å². The minimum atomic E-state index is 0.402. The van der Waals surface area contributed by atoms with E-state index in [4.69, 9.17) is 0 Å². The molecule has 100 valence electrons. The van der Waals surface area contributed by atoms with Gasteiger partial charge in [0.1, 0.15) is 0 Å². The average Bonchev–Trinajstić information content (AvgIpc) is 2.40. The molecule has 0 amide bonds. The van der Waals surface area contributed by atoms with Crippen LogP contribution in [0.25, 0.3) is 0 Å². The number of fused-ring (bicyclic) bond motifs is 1. The van der Waals surface area contributed by atoms with Gasteiger partial charge in [0.15, 0.2) is 0 Å². The first-order valence-corrected chi connectivity index (χ1v) is 7.61. The van der Waals surface area contributed by atoms with Crippen molar-refractivity contribution >= 4 is 0 Å². The Hall–Kier alpha value is -0.820. The Bertz CT molecular complexity index is 372. The quantitative estimate of drug-likeness (QED) is 0.745. The van der Waals surface area contributed by atoms with Gasteiger partial charge in [0.05, 0.1) is 0 Å². The molecule has 1 atom stereocenters. The summed E-state index contributed by atoms with van der Waals surface area (Å²) in [6.45, 7) is 6.87. The van der Waals surface area contributed by atoms with Gasteiger partial charge in [-0.2, -0.15) is 0 Å².